The molecule has 4 rings (SSSR count). The molecule has 1 saturated heterocycles. The number of piperidine rings is 1. The predicted octanol–water partition coefficient (Wildman–Crippen LogP) is 5.50. The highest BCUT2D eigenvalue weighted by atomic mass is 16.4. The standard InChI is InChI=1S/C26H35N3O2/c1-26(2,3)22(20-12-15-28(16-13-20)24-11-7-8-14-27-24)18-29(25(30)31)23-17-21(23)19-9-5-4-6-10-19/h4-11,14,20-23H,12-13,15-18H2,1-3H3,(H,30,31)/t21-,22?,23+/m0/s1. The zero-order chi connectivity index (χ0) is 22.0. The molecule has 5 heteroatoms. The third-order valence-electron chi connectivity index (χ3n) is 7.22. The van der Waals surface area contributed by atoms with Crippen molar-refractivity contribution in [3.8, 4) is 0 Å². The Kier molecular flexibility index (Phi) is 6.22. The van der Waals surface area contributed by atoms with E-state index < -0.39 is 6.09 Å². The van der Waals surface area contributed by atoms with E-state index in [-0.39, 0.29) is 11.5 Å². The molecule has 0 spiro atoms. The maximum absolute atomic E-state index is 12.2. The highest BCUT2D eigenvalue weighted by molar-refractivity contribution is 5.66. The summed E-state index contributed by atoms with van der Waals surface area (Å²) >= 11 is 0. The largest absolute Gasteiger partial charge is 0.465 e. The molecule has 2 aliphatic rings. The van der Waals surface area contributed by atoms with Crippen molar-refractivity contribution in [3.63, 3.8) is 0 Å². The average molecular weight is 422 g/mol. The van der Waals surface area contributed by atoms with Crippen molar-refractivity contribution < 1.29 is 9.90 Å². The topological polar surface area (TPSA) is 56.7 Å². The average Bonchev–Trinajstić information content (AvgIpc) is 3.55. The predicted molar refractivity (Wildman–Crippen MR) is 124 cm³/mol. The molecule has 0 radical (unpaired) electrons. The van der Waals surface area contributed by atoms with Gasteiger partial charge in [-0.25, -0.2) is 9.78 Å². The van der Waals surface area contributed by atoms with E-state index in [1.54, 1.807) is 4.90 Å². The smallest absolute Gasteiger partial charge is 0.407 e. The fourth-order valence-corrected chi connectivity index (χ4v) is 5.35. The van der Waals surface area contributed by atoms with Gasteiger partial charge in [0, 0.05) is 37.8 Å². The van der Waals surface area contributed by atoms with E-state index in [1.807, 2.05) is 36.5 Å². The summed E-state index contributed by atoms with van der Waals surface area (Å²) in [7, 11) is 0. The Bertz CT molecular complexity index is 857. The van der Waals surface area contributed by atoms with Crippen molar-refractivity contribution in [1.29, 1.82) is 0 Å². The first-order valence-corrected chi connectivity index (χ1v) is 11.5. The minimum absolute atomic E-state index is 0.0582. The second-order valence-electron chi connectivity index (χ2n) is 10.2. The first kappa shape index (κ1) is 21.7. The molecular formula is C26H35N3O2. The third kappa shape index (κ3) is 5.03. The van der Waals surface area contributed by atoms with Crippen molar-refractivity contribution in [2.45, 2.75) is 52.0 Å². The molecule has 1 unspecified atom stereocenters. The fourth-order valence-electron chi connectivity index (χ4n) is 5.35. The Morgan fingerprint density at radius 3 is 2.39 bits per heavy atom. The molecule has 166 valence electrons. The van der Waals surface area contributed by atoms with Crippen LogP contribution >= 0.6 is 0 Å². The van der Waals surface area contributed by atoms with Gasteiger partial charge in [0.15, 0.2) is 0 Å². The monoisotopic (exact) mass is 421 g/mol. The van der Waals surface area contributed by atoms with Gasteiger partial charge in [0.05, 0.1) is 0 Å². The summed E-state index contributed by atoms with van der Waals surface area (Å²) in [6.45, 7) is 9.40. The summed E-state index contributed by atoms with van der Waals surface area (Å²) in [6, 6.07) is 16.5. The Morgan fingerprint density at radius 2 is 1.81 bits per heavy atom. The van der Waals surface area contributed by atoms with Gasteiger partial charge >= 0.3 is 6.09 Å². The Labute approximate surface area is 186 Å². The molecule has 2 fully saturated rings. The van der Waals surface area contributed by atoms with Crippen LogP contribution in [-0.2, 0) is 0 Å². The molecule has 5 nitrogen and oxygen atoms in total. The summed E-state index contributed by atoms with van der Waals surface area (Å²) in [4.78, 5) is 20.9. The quantitative estimate of drug-likeness (QED) is 0.669. The number of carboxylic acid groups (broad SMARTS) is 1. The summed E-state index contributed by atoms with van der Waals surface area (Å²) in [6.07, 6.45) is 4.18. The molecular weight excluding hydrogens is 386 g/mol. The minimum atomic E-state index is -0.774. The van der Waals surface area contributed by atoms with E-state index in [4.69, 9.17) is 0 Å². The number of rotatable bonds is 6. The van der Waals surface area contributed by atoms with E-state index in [2.05, 4.69) is 48.9 Å². The van der Waals surface area contributed by atoms with E-state index in [1.165, 1.54) is 5.56 Å². The lowest BCUT2D eigenvalue weighted by atomic mass is 9.69. The number of amides is 1. The number of pyridine rings is 1. The second-order valence-corrected chi connectivity index (χ2v) is 10.2. The Morgan fingerprint density at radius 1 is 1.13 bits per heavy atom. The van der Waals surface area contributed by atoms with Crippen LogP contribution in [0.15, 0.2) is 54.7 Å². The van der Waals surface area contributed by atoms with Crippen molar-refractivity contribution in [1.82, 2.24) is 9.88 Å². The van der Waals surface area contributed by atoms with Gasteiger partial charge in [0.2, 0.25) is 0 Å². The van der Waals surface area contributed by atoms with Crippen LogP contribution in [0.2, 0.25) is 0 Å². The van der Waals surface area contributed by atoms with Gasteiger partial charge < -0.3 is 14.9 Å². The highest BCUT2D eigenvalue weighted by Crippen LogP contribution is 2.47. The molecule has 0 bridgehead atoms. The second kappa shape index (κ2) is 8.89. The lowest BCUT2D eigenvalue weighted by Crippen LogP contribution is -2.46. The molecule has 1 aliphatic carbocycles. The number of hydrogen-bond acceptors (Lipinski definition) is 3. The van der Waals surface area contributed by atoms with Gasteiger partial charge in [-0.2, -0.15) is 0 Å². The molecule has 1 N–H and O–H groups in total. The Balaban J connectivity index is 1.44. The maximum atomic E-state index is 12.2. The summed E-state index contributed by atoms with van der Waals surface area (Å²) < 4.78 is 0. The molecule has 1 saturated carbocycles. The number of aromatic nitrogens is 1. The lowest BCUT2D eigenvalue weighted by molar-refractivity contribution is 0.0735. The van der Waals surface area contributed by atoms with Crippen LogP contribution in [0.25, 0.3) is 0 Å². The van der Waals surface area contributed by atoms with E-state index in [0.29, 0.717) is 24.3 Å². The highest BCUT2D eigenvalue weighted by Gasteiger charge is 2.47. The van der Waals surface area contributed by atoms with Crippen molar-refractivity contribution in [2.24, 2.45) is 17.3 Å². The normalized spacial score (nSPS) is 22.7. The molecule has 31 heavy (non-hydrogen) atoms. The summed E-state index contributed by atoms with van der Waals surface area (Å²) in [5.74, 6) is 2.25. The number of benzene rings is 1. The van der Waals surface area contributed by atoms with Gasteiger partial charge in [-0.05, 0) is 54.2 Å². The van der Waals surface area contributed by atoms with Gasteiger partial charge in [0.1, 0.15) is 5.82 Å². The number of anilines is 1. The van der Waals surface area contributed by atoms with Crippen molar-refractivity contribution in [3.05, 3.63) is 60.3 Å². The first-order valence-electron chi connectivity index (χ1n) is 11.5. The number of nitrogens with zero attached hydrogens (tertiary/aromatic N) is 3. The van der Waals surface area contributed by atoms with Gasteiger partial charge in [-0.15, -0.1) is 0 Å². The minimum Gasteiger partial charge on any atom is -0.465 e. The van der Waals surface area contributed by atoms with E-state index >= 15 is 0 Å². The van der Waals surface area contributed by atoms with Crippen LogP contribution < -0.4 is 4.90 Å². The SMILES string of the molecule is CC(C)(C)C(CN(C(=O)O)[C@@H]1C[C@H]1c1ccccc1)C1CCN(c2ccccn2)CC1. The summed E-state index contributed by atoms with van der Waals surface area (Å²) in [5.41, 5.74) is 1.32. The van der Waals surface area contributed by atoms with Gasteiger partial charge in [0.25, 0.3) is 0 Å². The van der Waals surface area contributed by atoms with E-state index in [0.717, 1.165) is 38.2 Å². The molecule has 1 aromatic heterocycles. The maximum Gasteiger partial charge on any atom is 0.407 e. The molecule has 2 aromatic rings. The zero-order valence-electron chi connectivity index (χ0n) is 18.9. The van der Waals surface area contributed by atoms with Crippen LogP contribution in [0.1, 0.15) is 51.5 Å². The van der Waals surface area contributed by atoms with Crippen LogP contribution in [0, 0.1) is 17.3 Å². The molecule has 1 amide bonds. The molecule has 1 aromatic carbocycles. The van der Waals surface area contributed by atoms with Crippen LogP contribution in [0.4, 0.5) is 10.6 Å². The lowest BCUT2D eigenvalue weighted by Gasteiger charge is -2.43. The van der Waals surface area contributed by atoms with Gasteiger partial charge in [-0.1, -0.05) is 57.2 Å². The zero-order valence-corrected chi connectivity index (χ0v) is 18.9. The van der Waals surface area contributed by atoms with Crippen LogP contribution in [0.3, 0.4) is 0 Å². The van der Waals surface area contributed by atoms with Crippen molar-refractivity contribution >= 4 is 11.9 Å². The number of carbonyl (C=O) groups is 1. The summed E-state index contributed by atoms with van der Waals surface area (Å²) in [5, 5.41) is 10.1. The van der Waals surface area contributed by atoms with Crippen LogP contribution in [0.5, 0.6) is 0 Å². The van der Waals surface area contributed by atoms with Crippen molar-refractivity contribution in [2.75, 3.05) is 24.5 Å². The fraction of sp³-hybridized carbons (Fsp3) is 0.538. The van der Waals surface area contributed by atoms with E-state index in [9.17, 15) is 9.90 Å². The Hall–Kier alpha value is -2.56. The first-order chi connectivity index (χ1) is 14.8. The van der Waals surface area contributed by atoms with Crippen LogP contribution in [-0.4, -0.2) is 46.8 Å². The molecule has 2 heterocycles. The third-order valence-corrected chi connectivity index (χ3v) is 7.22. The number of hydrogen-bond donors (Lipinski definition) is 1. The molecule has 3 atom stereocenters. The van der Waals surface area contributed by atoms with Gasteiger partial charge in [-0.3, -0.25) is 0 Å². The molecule has 1 aliphatic heterocycles.